The zero-order valence-corrected chi connectivity index (χ0v) is 15.4. The first-order valence-corrected chi connectivity index (χ1v) is 8.33. The van der Waals surface area contributed by atoms with Gasteiger partial charge in [0.15, 0.2) is 0 Å². The van der Waals surface area contributed by atoms with Crippen molar-refractivity contribution < 1.29 is 32.5 Å². The molecule has 10 nitrogen and oxygen atoms in total. The standard InChI is InChI=1S/C17H15F3N4O6/c1-2-30-15(25)10-22(12-6-4-3-5-7-12)21-16-13(23(26)27)8-11(17(18,19)20)9-14(16)24(28)29/h3-9,21H,2,10H2,1H3. The predicted octanol–water partition coefficient (Wildman–Crippen LogP) is 3.92. The monoisotopic (exact) mass is 428 g/mol. The van der Waals surface area contributed by atoms with E-state index in [9.17, 15) is 38.2 Å². The summed E-state index contributed by atoms with van der Waals surface area (Å²) in [6.45, 7) is 1.04. The van der Waals surface area contributed by atoms with E-state index in [2.05, 4.69) is 5.43 Å². The topological polar surface area (TPSA) is 128 Å². The maximum absolute atomic E-state index is 13.1. The molecule has 2 aromatic rings. The van der Waals surface area contributed by atoms with Crippen molar-refractivity contribution >= 4 is 28.7 Å². The largest absolute Gasteiger partial charge is 0.465 e. The first kappa shape index (κ1) is 22.4. The number of hydrogen-bond donors (Lipinski definition) is 1. The van der Waals surface area contributed by atoms with Gasteiger partial charge in [0.1, 0.15) is 6.54 Å². The van der Waals surface area contributed by atoms with Crippen molar-refractivity contribution in [1.29, 1.82) is 0 Å². The number of esters is 1. The van der Waals surface area contributed by atoms with E-state index in [1.54, 1.807) is 25.1 Å². The zero-order chi connectivity index (χ0) is 22.5. The van der Waals surface area contributed by atoms with Crippen LogP contribution in [0.15, 0.2) is 42.5 Å². The van der Waals surface area contributed by atoms with Gasteiger partial charge in [-0.1, -0.05) is 18.2 Å². The molecule has 0 aliphatic heterocycles. The molecular formula is C17H15F3N4O6. The molecular weight excluding hydrogens is 413 g/mol. The van der Waals surface area contributed by atoms with E-state index in [1.165, 1.54) is 12.1 Å². The summed E-state index contributed by atoms with van der Waals surface area (Å²) in [6, 6.07) is 8.08. The van der Waals surface area contributed by atoms with E-state index in [1.807, 2.05) is 0 Å². The minimum absolute atomic E-state index is 0.0298. The number of nitro groups is 2. The minimum Gasteiger partial charge on any atom is -0.465 e. The molecule has 0 atom stereocenters. The Hall–Kier alpha value is -3.90. The number of para-hydroxylation sites is 1. The molecule has 0 fully saturated rings. The van der Waals surface area contributed by atoms with E-state index >= 15 is 0 Å². The summed E-state index contributed by atoms with van der Waals surface area (Å²) in [6.07, 6.45) is -5.04. The van der Waals surface area contributed by atoms with E-state index in [-0.39, 0.29) is 24.4 Å². The summed E-state index contributed by atoms with van der Waals surface area (Å²) >= 11 is 0. The summed E-state index contributed by atoms with van der Waals surface area (Å²) in [7, 11) is 0. The van der Waals surface area contributed by atoms with Gasteiger partial charge in [-0.05, 0) is 19.1 Å². The molecule has 0 aliphatic rings. The van der Waals surface area contributed by atoms with Crippen molar-refractivity contribution in [3.05, 3.63) is 68.3 Å². The highest BCUT2D eigenvalue weighted by molar-refractivity contribution is 5.81. The number of nitro benzene ring substituents is 2. The van der Waals surface area contributed by atoms with Gasteiger partial charge in [-0.15, -0.1) is 0 Å². The zero-order valence-electron chi connectivity index (χ0n) is 15.4. The molecule has 30 heavy (non-hydrogen) atoms. The Kier molecular flexibility index (Phi) is 6.77. The second-order valence-electron chi connectivity index (χ2n) is 5.74. The molecule has 0 radical (unpaired) electrons. The number of nitrogens with zero attached hydrogens (tertiary/aromatic N) is 3. The molecule has 0 amide bonds. The Morgan fingerprint density at radius 1 is 1.10 bits per heavy atom. The highest BCUT2D eigenvalue weighted by atomic mass is 19.4. The second kappa shape index (κ2) is 9.07. The molecule has 0 aliphatic carbocycles. The van der Waals surface area contributed by atoms with Crippen molar-refractivity contribution in [3.63, 3.8) is 0 Å². The average molecular weight is 428 g/mol. The van der Waals surface area contributed by atoms with Gasteiger partial charge in [0, 0.05) is 12.1 Å². The first-order valence-electron chi connectivity index (χ1n) is 8.33. The molecule has 0 bridgehead atoms. The van der Waals surface area contributed by atoms with Crippen molar-refractivity contribution in [2.75, 3.05) is 23.6 Å². The van der Waals surface area contributed by atoms with Crippen LogP contribution in [0.1, 0.15) is 12.5 Å². The van der Waals surface area contributed by atoms with Crippen LogP contribution in [0.2, 0.25) is 0 Å². The Morgan fingerprint density at radius 3 is 2.07 bits per heavy atom. The van der Waals surface area contributed by atoms with Crippen LogP contribution in [0, 0.1) is 20.2 Å². The normalized spacial score (nSPS) is 10.9. The molecule has 0 saturated heterocycles. The summed E-state index contributed by atoms with van der Waals surface area (Å²) in [5.74, 6) is -0.772. The minimum atomic E-state index is -5.04. The molecule has 160 valence electrons. The molecule has 1 N–H and O–H groups in total. The van der Waals surface area contributed by atoms with Crippen LogP contribution >= 0.6 is 0 Å². The number of hydrazine groups is 1. The fourth-order valence-corrected chi connectivity index (χ4v) is 2.45. The van der Waals surface area contributed by atoms with Gasteiger partial charge in [0.25, 0.3) is 0 Å². The fraction of sp³-hybridized carbons (Fsp3) is 0.235. The molecule has 2 aromatic carbocycles. The summed E-state index contributed by atoms with van der Waals surface area (Å²) in [4.78, 5) is 32.3. The predicted molar refractivity (Wildman–Crippen MR) is 98.8 cm³/mol. The van der Waals surface area contributed by atoms with Crippen LogP contribution in [0.5, 0.6) is 0 Å². The lowest BCUT2D eigenvalue weighted by Crippen LogP contribution is -2.36. The summed E-state index contributed by atoms with van der Waals surface area (Å²) in [5.41, 5.74) is -2.12. The van der Waals surface area contributed by atoms with Crippen LogP contribution in [0.4, 0.5) is 35.9 Å². The molecule has 0 heterocycles. The van der Waals surface area contributed by atoms with Crippen molar-refractivity contribution in [1.82, 2.24) is 0 Å². The second-order valence-corrected chi connectivity index (χ2v) is 5.74. The van der Waals surface area contributed by atoms with Gasteiger partial charge in [0.05, 0.1) is 27.7 Å². The molecule has 0 aromatic heterocycles. The van der Waals surface area contributed by atoms with E-state index in [0.717, 1.165) is 5.01 Å². The number of halogens is 3. The summed E-state index contributed by atoms with van der Waals surface area (Å²) < 4.78 is 44.0. The number of carbonyl (C=O) groups is 1. The SMILES string of the molecule is CCOC(=O)CN(Nc1c([N+](=O)[O-])cc(C(F)(F)F)cc1[N+](=O)[O-])c1ccccc1. The number of benzene rings is 2. The third-order valence-electron chi connectivity index (χ3n) is 3.72. The van der Waals surface area contributed by atoms with Crippen LogP contribution in [-0.4, -0.2) is 29.0 Å². The molecule has 0 saturated carbocycles. The number of alkyl halides is 3. The highest BCUT2D eigenvalue weighted by Gasteiger charge is 2.38. The maximum Gasteiger partial charge on any atom is 0.416 e. The van der Waals surface area contributed by atoms with E-state index < -0.39 is 51.2 Å². The Balaban J connectivity index is 2.61. The Labute approximate surface area is 167 Å². The van der Waals surface area contributed by atoms with Gasteiger partial charge in [-0.2, -0.15) is 13.2 Å². The van der Waals surface area contributed by atoms with Crippen LogP contribution in [0.25, 0.3) is 0 Å². The average Bonchev–Trinajstić information content (AvgIpc) is 2.67. The quantitative estimate of drug-likeness (QED) is 0.381. The van der Waals surface area contributed by atoms with E-state index in [4.69, 9.17) is 4.74 Å². The summed E-state index contributed by atoms with van der Waals surface area (Å²) in [5, 5.41) is 23.8. The number of carbonyl (C=O) groups excluding carboxylic acids is 1. The third-order valence-corrected chi connectivity index (χ3v) is 3.72. The number of anilines is 2. The van der Waals surface area contributed by atoms with Gasteiger partial charge >= 0.3 is 23.5 Å². The fourth-order valence-electron chi connectivity index (χ4n) is 2.45. The van der Waals surface area contributed by atoms with Gasteiger partial charge < -0.3 is 4.74 Å². The van der Waals surface area contributed by atoms with Crippen molar-refractivity contribution in [2.45, 2.75) is 13.1 Å². The lowest BCUT2D eigenvalue weighted by molar-refractivity contribution is -0.392. The molecule has 13 heteroatoms. The highest BCUT2D eigenvalue weighted by Crippen LogP contribution is 2.41. The Morgan fingerprint density at radius 2 is 1.63 bits per heavy atom. The number of rotatable bonds is 8. The van der Waals surface area contributed by atoms with E-state index in [0.29, 0.717) is 0 Å². The van der Waals surface area contributed by atoms with Crippen molar-refractivity contribution in [2.24, 2.45) is 0 Å². The third kappa shape index (κ3) is 5.33. The molecule has 0 unspecified atom stereocenters. The van der Waals surface area contributed by atoms with Crippen molar-refractivity contribution in [3.8, 4) is 0 Å². The number of hydrogen-bond acceptors (Lipinski definition) is 8. The lowest BCUT2D eigenvalue weighted by atomic mass is 10.1. The molecule has 2 rings (SSSR count). The lowest BCUT2D eigenvalue weighted by Gasteiger charge is -2.25. The smallest absolute Gasteiger partial charge is 0.416 e. The van der Waals surface area contributed by atoms with Crippen LogP contribution in [0.3, 0.4) is 0 Å². The first-order chi connectivity index (χ1) is 14.0. The van der Waals surface area contributed by atoms with Gasteiger partial charge in [-0.3, -0.25) is 35.5 Å². The molecule has 0 spiro atoms. The van der Waals surface area contributed by atoms with Gasteiger partial charge in [0.2, 0.25) is 5.69 Å². The number of nitrogens with one attached hydrogen (secondary N) is 1. The van der Waals surface area contributed by atoms with Gasteiger partial charge in [-0.25, -0.2) is 0 Å². The van der Waals surface area contributed by atoms with Crippen LogP contribution < -0.4 is 10.4 Å². The Bertz CT molecular complexity index is 917. The number of ether oxygens (including phenoxy) is 1. The maximum atomic E-state index is 13.1. The van der Waals surface area contributed by atoms with Crippen LogP contribution in [-0.2, 0) is 15.7 Å².